The van der Waals surface area contributed by atoms with Crippen LogP contribution in [0.4, 0.5) is 5.69 Å². The first kappa shape index (κ1) is 13.9. The molecule has 0 aromatic heterocycles. The molecule has 1 aromatic rings. The van der Waals surface area contributed by atoms with E-state index in [0.717, 1.165) is 44.2 Å². The summed E-state index contributed by atoms with van der Waals surface area (Å²) in [6.07, 6.45) is 4.15. The molecule has 0 atom stereocenters. The van der Waals surface area contributed by atoms with Crippen LogP contribution in [0.3, 0.4) is 0 Å². The lowest BCUT2D eigenvalue weighted by molar-refractivity contribution is -0.0855. The fourth-order valence-electron chi connectivity index (χ4n) is 3.04. The van der Waals surface area contributed by atoms with Crippen molar-refractivity contribution in [3.63, 3.8) is 0 Å². The summed E-state index contributed by atoms with van der Waals surface area (Å²) < 4.78 is 31.1. The summed E-state index contributed by atoms with van der Waals surface area (Å²) in [4.78, 5) is 0. The number of sulfonamides is 1. The summed E-state index contributed by atoms with van der Waals surface area (Å²) >= 11 is 0. The molecule has 0 aliphatic carbocycles. The molecule has 0 radical (unpaired) electrons. The van der Waals surface area contributed by atoms with Crippen molar-refractivity contribution in [3.05, 3.63) is 29.3 Å². The minimum absolute atomic E-state index is 0.0238. The molecule has 1 saturated heterocycles. The molecular formula is C14H20N2O3S. The van der Waals surface area contributed by atoms with Crippen molar-refractivity contribution in [1.82, 2.24) is 5.32 Å². The van der Waals surface area contributed by atoms with E-state index < -0.39 is 10.0 Å². The second-order valence-corrected chi connectivity index (χ2v) is 7.50. The zero-order valence-electron chi connectivity index (χ0n) is 11.6. The van der Waals surface area contributed by atoms with Gasteiger partial charge in [0.2, 0.25) is 10.0 Å². The third-order valence-electron chi connectivity index (χ3n) is 4.07. The van der Waals surface area contributed by atoms with E-state index in [4.69, 9.17) is 4.74 Å². The number of hydrogen-bond donors (Lipinski definition) is 2. The van der Waals surface area contributed by atoms with Gasteiger partial charge in [-0.2, -0.15) is 0 Å². The zero-order chi connectivity index (χ0) is 14.2. The van der Waals surface area contributed by atoms with Crippen LogP contribution >= 0.6 is 0 Å². The molecule has 20 heavy (non-hydrogen) atoms. The zero-order valence-corrected chi connectivity index (χ0v) is 12.4. The lowest BCUT2D eigenvalue weighted by Crippen LogP contribution is -2.47. The van der Waals surface area contributed by atoms with Gasteiger partial charge in [0.15, 0.2) is 0 Å². The Morgan fingerprint density at radius 3 is 2.70 bits per heavy atom. The highest BCUT2D eigenvalue weighted by Gasteiger charge is 2.36. The molecule has 2 heterocycles. The molecule has 1 aromatic carbocycles. The smallest absolute Gasteiger partial charge is 0.229 e. The predicted octanol–water partition coefficient (Wildman–Crippen LogP) is 1.25. The maximum absolute atomic E-state index is 11.3. The number of benzene rings is 1. The second-order valence-electron chi connectivity index (χ2n) is 5.76. The highest BCUT2D eigenvalue weighted by atomic mass is 32.2. The number of hydrogen-bond acceptors (Lipinski definition) is 4. The average Bonchev–Trinajstić information content (AvgIpc) is 2.38. The SMILES string of the molecule is CS(=O)(=O)Nc1ccc2c(c1)COC1(CCNCC1)C2. The lowest BCUT2D eigenvalue weighted by atomic mass is 9.82. The number of ether oxygens (including phenoxy) is 1. The molecule has 2 aliphatic heterocycles. The van der Waals surface area contributed by atoms with Crippen LogP contribution in [0.25, 0.3) is 0 Å². The molecule has 1 fully saturated rings. The molecular weight excluding hydrogens is 276 g/mol. The summed E-state index contributed by atoms with van der Waals surface area (Å²) in [5, 5.41) is 3.36. The van der Waals surface area contributed by atoms with Crippen molar-refractivity contribution < 1.29 is 13.2 Å². The first-order valence-corrected chi connectivity index (χ1v) is 8.79. The maximum Gasteiger partial charge on any atom is 0.229 e. The Labute approximate surface area is 119 Å². The fraction of sp³-hybridized carbons (Fsp3) is 0.571. The van der Waals surface area contributed by atoms with E-state index in [2.05, 4.69) is 10.0 Å². The summed E-state index contributed by atoms with van der Waals surface area (Å²) in [5.41, 5.74) is 2.94. The first-order valence-electron chi connectivity index (χ1n) is 6.90. The van der Waals surface area contributed by atoms with Crippen molar-refractivity contribution >= 4 is 15.7 Å². The standard InChI is InChI=1S/C14H20N2O3S/c1-20(17,18)16-13-3-2-11-9-14(4-6-15-7-5-14)19-10-12(11)8-13/h2-3,8,15-16H,4-7,9-10H2,1H3. The van der Waals surface area contributed by atoms with Crippen LogP contribution in [0.2, 0.25) is 0 Å². The molecule has 6 heteroatoms. The highest BCUT2D eigenvalue weighted by molar-refractivity contribution is 7.92. The Morgan fingerprint density at radius 1 is 1.25 bits per heavy atom. The molecule has 5 nitrogen and oxygen atoms in total. The van der Waals surface area contributed by atoms with Gasteiger partial charge >= 0.3 is 0 Å². The van der Waals surface area contributed by atoms with Gasteiger partial charge < -0.3 is 10.1 Å². The Hall–Kier alpha value is -1.11. The summed E-state index contributed by atoms with van der Waals surface area (Å²) in [5.74, 6) is 0. The molecule has 110 valence electrons. The third kappa shape index (κ3) is 2.97. The summed E-state index contributed by atoms with van der Waals surface area (Å²) in [7, 11) is -3.23. The van der Waals surface area contributed by atoms with E-state index in [1.54, 1.807) is 0 Å². The van der Waals surface area contributed by atoms with Gasteiger partial charge in [-0.1, -0.05) is 6.07 Å². The maximum atomic E-state index is 11.3. The Balaban J connectivity index is 1.81. The normalized spacial score (nSPS) is 21.4. The van der Waals surface area contributed by atoms with E-state index in [1.165, 1.54) is 5.56 Å². The quantitative estimate of drug-likeness (QED) is 0.862. The number of rotatable bonds is 2. The predicted molar refractivity (Wildman–Crippen MR) is 78.2 cm³/mol. The number of nitrogens with one attached hydrogen (secondary N) is 2. The number of fused-ring (bicyclic) bond motifs is 1. The van der Waals surface area contributed by atoms with E-state index >= 15 is 0 Å². The third-order valence-corrected chi connectivity index (χ3v) is 4.68. The van der Waals surface area contributed by atoms with Crippen LogP contribution < -0.4 is 10.0 Å². The van der Waals surface area contributed by atoms with E-state index in [0.29, 0.717) is 12.3 Å². The van der Waals surface area contributed by atoms with Crippen LogP contribution in [0.5, 0.6) is 0 Å². The minimum atomic E-state index is -3.23. The molecule has 2 aliphatic rings. The van der Waals surface area contributed by atoms with Gasteiger partial charge in [-0.3, -0.25) is 4.72 Å². The van der Waals surface area contributed by atoms with Crippen molar-refractivity contribution in [1.29, 1.82) is 0 Å². The Bertz CT molecular complexity index is 607. The van der Waals surface area contributed by atoms with Gasteiger partial charge in [0.1, 0.15) is 0 Å². The second kappa shape index (κ2) is 5.02. The molecule has 0 bridgehead atoms. The molecule has 0 unspecified atom stereocenters. The molecule has 3 rings (SSSR count). The monoisotopic (exact) mass is 296 g/mol. The first-order chi connectivity index (χ1) is 9.46. The molecule has 1 spiro atoms. The summed E-state index contributed by atoms with van der Waals surface area (Å²) in [6.45, 7) is 2.57. The molecule has 0 amide bonds. The summed E-state index contributed by atoms with van der Waals surface area (Å²) in [6, 6.07) is 5.74. The average molecular weight is 296 g/mol. The van der Waals surface area contributed by atoms with Crippen LogP contribution in [-0.2, 0) is 27.8 Å². The van der Waals surface area contributed by atoms with E-state index in [9.17, 15) is 8.42 Å². The van der Waals surface area contributed by atoms with Gasteiger partial charge in [0, 0.05) is 12.1 Å². The highest BCUT2D eigenvalue weighted by Crippen LogP contribution is 2.35. The van der Waals surface area contributed by atoms with Crippen LogP contribution in [0.1, 0.15) is 24.0 Å². The van der Waals surface area contributed by atoms with Crippen molar-refractivity contribution in [2.75, 3.05) is 24.1 Å². The van der Waals surface area contributed by atoms with Crippen LogP contribution in [-0.4, -0.2) is 33.4 Å². The van der Waals surface area contributed by atoms with Gasteiger partial charge in [-0.25, -0.2) is 8.42 Å². The molecule has 0 saturated carbocycles. The van der Waals surface area contributed by atoms with Gasteiger partial charge in [0.25, 0.3) is 0 Å². The van der Waals surface area contributed by atoms with Gasteiger partial charge in [-0.15, -0.1) is 0 Å². The van der Waals surface area contributed by atoms with Crippen molar-refractivity contribution in [3.8, 4) is 0 Å². The van der Waals surface area contributed by atoms with Gasteiger partial charge in [-0.05, 0) is 49.2 Å². The van der Waals surface area contributed by atoms with E-state index in [1.807, 2.05) is 18.2 Å². The minimum Gasteiger partial charge on any atom is -0.370 e. The Morgan fingerprint density at radius 2 is 2.00 bits per heavy atom. The molecule has 2 N–H and O–H groups in total. The lowest BCUT2D eigenvalue weighted by Gasteiger charge is -2.41. The number of piperidine rings is 1. The van der Waals surface area contributed by atoms with Crippen molar-refractivity contribution in [2.24, 2.45) is 0 Å². The van der Waals surface area contributed by atoms with Crippen LogP contribution in [0, 0.1) is 0 Å². The van der Waals surface area contributed by atoms with E-state index in [-0.39, 0.29) is 5.60 Å². The topological polar surface area (TPSA) is 67.4 Å². The van der Waals surface area contributed by atoms with Crippen molar-refractivity contribution in [2.45, 2.75) is 31.5 Å². The van der Waals surface area contributed by atoms with Crippen LogP contribution in [0.15, 0.2) is 18.2 Å². The largest absolute Gasteiger partial charge is 0.370 e. The Kier molecular flexibility index (Phi) is 3.48. The fourth-order valence-corrected chi connectivity index (χ4v) is 3.60. The van der Waals surface area contributed by atoms with Gasteiger partial charge in [0.05, 0.1) is 18.5 Å². The number of anilines is 1.